The molecule has 8 nitrogen and oxygen atoms in total. The molecule has 2 amide bonds. The monoisotopic (exact) mass is 491 g/mol. The van der Waals surface area contributed by atoms with Crippen LogP contribution in [-0.2, 0) is 9.59 Å². The van der Waals surface area contributed by atoms with Gasteiger partial charge in [0.2, 0.25) is 11.8 Å². The Morgan fingerprint density at radius 1 is 1.06 bits per heavy atom. The lowest BCUT2D eigenvalue weighted by atomic mass is 10.1. The highest BCUT2D eigenvalue weighted by molar-refractivity contribution is 7.99. The lowest BCUT2D eigenvalue weighted by Crippen LogP contribution is -2.18. The van der Waals surface area contributed by atoms with Crippen molar-refractivity contribution in [3.63, 3.8) is 0 Å². The van der Waals surface area contributed by atoms with Gasteiger partial charge in [-0.15, -0.1) is 10.2 Å². The molecule has 0 unspecified atom stereocenters. The van der Waals surface area contributed by atoms with E-state index in [1.807, 2.05) is 13.0 Å². The van der Waals surface area contributed by atoms with Gasteiger partial charge in [0.15, 0.2) is 10.9 Å². The standard InChI is InChI=1S/C21H19Cl2N5O3S/c1-3-16(29)24-14-8-7-11(2)9-12(14)19-20(31)26-21(28-27-19)32-10-17(30)25-15-6-4-5-13(22)18(15)23/h4-9H,3,10H2,1-2H3,(H,24,29)(H,25,30)(H,26,28,31). The summed E-state index contributed by atoms with van der Waals surface area (Å²) in [5.74, 6) is -0.568. The fourth-order valence-electron chi connectivity index (χ4n) is 2.69. The molecule has 0 aliphatic carbocycles. The fraction of sp³-hybridized carbons (Fsp3) is 0.190. The van der Waals surface area contributed by atoms with Crippen LogP contribution >= 0.6 is 35.0 Å². The summed E-state index contributed by atoms with van der Waals surface area (Å²) in [4.78, 5) is 39.3. The Bertz CT molecular complexity index is 1230. The molecule has 0 aliphatic heterocycles. The molecule has 32 heavy (non-hydrogen) atoms. The van der Waals surface area contributed by atoms with Crippen molar-refractivity contribution in [3.05, 3.63) is 62.4 Å². The van der Waals surface area contributed by atoms with E-state index in [0.29, 0.717) is 28.4 Å². The molecule has 166 valence electrons. The van der Waals surface area contributed by atoms with Gasteiger partial charge in [-0.2, -0.15) is 0 Å². The predicted molar refractivity (Wildman–Crippen MR) is 128 cm³/mol. The smallest absolute Gasteiger partial charge is 0.278 e. The Balaban J connectivity index is 1.74. The molecular weight excluding hydrogens is 473 g/mol. The minimum Gasteiger partial charge on any atom is -0.325 e. The number of nitrogens with zero attached hydrogens (tertiary/aromatic N) is 2. The van der Waals surface area contributed by atoms with Gasteiger partial charge in [0.1, 0.15) is 0 Å². The summed E-state index contributed by atoms with van der Waals surface area (Å²) in [5, 5.41) is 14.2. The summed E-state index contributed by atoms with van der Waals surface area (Å²) in [7, 11) is 0. The Hall–Kier alpha value is -2.88. The van der Waals surface area contributed by atoms with Crippen LogP contribution in [0.4, 0.5) is 11.4 Å². The van der Waals surface area contributed by atoms with E-state index in [-0.39, 0.29) is 33.4 Å². The van der Waals surface area contributed by atoms with Gasteiger partial charge < -0.3 is 10.6 Å². The van der Waals surface area contributed by atoms with Gasteiger partial charge in [-0.1, -0.05) is 59.6 Å². The van der Waals surface area contributed by atoms with E-state index in [9.17, 15) is 14.4 Å². The molecule has 0 saturated heterocycles. The number of carbonyl (C=O) groups excluding carboxylic acids is 2. The molecule has 0 saturated carbocycles. The molecule has 0 bridgehead atoms. The lowest BCUT2D eigenvalue weighted by molar-refractivity contribution is -0.116. The van der Waals surface area contributed by atoms with Gasteiger partial charge >= 0.3 is 0 Å². The Morgan fingerprint density at radius 2 is 1.81 bits per heavy atom. The van der Waals surface area contributed by atoms with Gasteiger partial charge in [0.25, 0.3) is 5.56 Å². The zero-order valence-corrected chi connectivity index (χ0v) is 19.5. The number of hydrogen-bond donors (Lipinski definition) is 3. The van der Waals surface area contributed by atoms with E-state index in [4.69, 9.17) is 23.2 Å². The third-order valence-electron chi connectivity index (χ3n) is 4.27. The van der Waals surface area contributed by atoms with Crippen molar-refractivity contribution in [2.45, 2.75) is 25.4 Å². The average Bonchev–Trinajstić information content (AvgIpc) is 2.77. The summed E-state index contributed by atoms with van der Waals surface area (Å²) < 4.78 is 0. The maximum atomic E-state index is 12.7. The van der Waals surface area contributed by atoms with Crippen molar-refractivity contribution >= 4 is 58.2 Å². The van der Waals surface area contributed by atoms with Crippen molar-refractivity contribution in [1.82, 2.24) is 15.2 Å². The van der Waals surface area contributed by atoms with Gasteiger partial charge in [-0.25, -0.2) is 0 Å². The number of aromatic amines is 1. The van der Waals surface area contributed by atoms with Crippen molar-refractivity contribution < 1.29 is 9.59 Å². The summed E-state index contributed by atoms with van der Waals surface area (Å²) in [5.41, 5.74) is 1.80. The molecule has 0 radical (unpaired) electrons. The van der Waals surface area contributed by atoms with Crippen LogP contribution < -0.4 is 16.2 Å². The molecule has 0 atom stereocenters. The highest BCUT2D eigenvalue weighted by Crippen LogP contribution is 2.30. The molecule has 3 aromatic rings. The average molecular weight is 492 g/mol. The minimum atomic E-state index is -0.488. The van der Waals surface area contributed by atoms with E-state index in [0.717, 1.165) is 17.3 Å². The van der Waals surface area contributed by atoms with E-state index in [2.05, 4.69) is 25.8 Å². The van der Waals surface area contributed by atoms with Gasteiger partial charge in [0.05, 0.1) is 27.2 Å². The Labute approximate surface area is 198 Å². The van der Waals surface area contributed by atoms with Crippen LogP contribution in [-0.4, -0.2) is 32.7 Å². The predicted octanol–water partition coefficient (Wildman–Crippen LogP) is 4.53. The van der Waals surface area contributed by atoms with E-state index >= 15 is 0 Å². The number of aryl methyl sites for hydroxylation is 1. The molecule has 0 aliphatic rings. The maximum absolute atomic E-state index is 12.7. The third-order valence-corrected chi connectivity index (χ3v) is 5.95. The van der Waals surface area contributed by atoms with Crippen LogP contribution in [0.3, 0.4) is 0 Å². The fourth-order valence-corrected chi connectivity index (χ4v) is 3.64. The van der Waals surface area contributed by atoms with Crippen molar-refractivity contribution in [2.75, 3.05) is 16.4 Å². The molecule has 1 aromatic heterocycles. The zero-order valence-electron chi connectivity index (χ0n) is 17.2. The number of carbonyl (C=O) groups is 2. The van der Waals surface area contributed by atoms with E-state index < -0.39 is 5.56 Å². The van der Waals surface area contributed by atoms with Crippen LogP contribution in [0.2, 0.25) is 10.0 Å². The largest absolute Gasteiger partial charge is 0.325 e. The van der Waals surface area contributed by atoms with Crippen LogP contribution in [0.5, 0.6) is 0 Å². The van der Waals surface area contributed by atoms with Crippen molar-refractivity contribution in [1.29, 1.82) is 0 Å². The second-order valence-corrected chi connectivity index (χ2v) is 8.45. The summed E-state index contributed by atoms with van der Waals surface area (Å²) in [6.07, 6.45) is 0.299. The Morgan fingerprint density at radius 3 is 2.53 bits per heavy atom. The highest BCUT2D eigenvalue weighted by atomic mass is 35.5. The van der Waals surface area contributed by atoms with Crippen LogP contribution in [0.1, 0.15) is 18.9 Å². The summed E-state index contributed by atoms with van der Waals surface area (Å²) in [6.45, 7) is 3.60. The number of thioether (sulfide) groups is 1. The minimum absolute atomic E-state index is 0.0327. The normalized spacial score (nSPS) is 10.6. The molecule has 3 N–H and O–H groups in total. The first kappa shape index (κ1) is 23.8. The van der Waals surface area contributed by atoms with Gasteiger partial charge in [-0.3, -0.25) is 19.4 Å². The third kappa shape index (κ3) is 5.87. The highest BCUT2D eigenvalue weighted by Gasteiger charge is 2.15. The molecular formula is C21H19Cl2N5O3S. The number of nitrogens with one attached hydrogen (secondary N) is 3. The zero-order chi connectivity index (χ0) is 23.3. The quantitative estimate of drug-likeness (QED) is 0.418. The molecule has 1 heterocycles. The SMILES string of the molecule is CCC(=O)Nc1ccc(C)cc1-c1nnc(SCC(=O)Nc2cccc(Cl)c2Cl)[nH]c1=O. The van der Waals surface area contributed by atoms with Gasteiger partial charge in [-0.05, 0) is 31.2 Å². The molecule has 11 heteroatoms. The van der Waals surface area contributed by atoms with E-state index in [1.54, 1.807) is 37.3 Å². The first-order chi connectivity index (χ1) is 15.3. The summed E-state index contributed by atoms with van der Waals surface area (Å²) in [6, 6.07) is 10.2. The lowest BCUT2D eigenvalue weighted by Gasteiger charge is -2.11. The topological polar surface area (TPSA) is 117 Å². The summed E-state index contributed by atoms with van der Waals surface area (Å²) >= 11 is 13.0. The van der Waals surface area contributed by atoms with Gasteiger partial charge in [0, 0.05) is 12.0 Å². The number of H-pyrrole nitrogens is 1. The maximum Gasteiger partial charge on any atom is 0.278 e. The molecule has 0 fully saturated rings. The second-order valence-electron chi connectivity index (χ2n) is 6.70. The molecule has 2 aromatic carbocycles. The number of rotatable bonds is 7. The number of halogens is 2. The number of aromatic nitrogens is 3. The molecule has 0 spiro atoms. The van der Waals surface area contributed by atoms with Crippen LogP contribution in [0.15, 0.2) is 46.3 Å². The molecule has 3 rings (SSSR count). The number of hydrogen-bond acceptors (Lipinski definition) is 6. The number of benzene rings is 2. The number of anilines is 2. The van der Waals surface area contributed by atoms with Crippen LogP contribution in [0.25, 0.3) is 11.3 Å². The number of amides is 2. The Kier molecular flexibility index (Phi) is 7.89. The second kappa shape index (κ2) is 10.6. The van der Waals surface area contributed by atoms with Crippen molar-refractivity contribution in [3.8, 4) is 11.3 Å². The van der Waals surface area contributed by atoms with E-state index in [1.165, 1.54) is 0 Å². The van der Waals surface area contributed by atoms with Crippen LogP contribution in [0, 0.1) is 6.92 Å². The first-order valence-electron chi connectivity index (χ1n) is 9.53. The first-order valence-corrected chi connectivity index (χ1v) is 11.3. The van der Waals surface area contributed by atoms with Crippen molar-refractivity contribution in [2.24, 2.45) is 0 Å².